The third kappa shape index (κ3) is 2.21. The fourth-order valence-corrected chi connectivity index (χ4v) is 1.80. The monoisotopic (exact) mass is 199 g/mol. The molecule has 0 bridgehead atoms. The van der Waals surface area contributed by atoms with Crippen molar-refractivity contribution in [1.82, 2.24) is 0 Å². The van der Waals surface area contributed by atoms with E-state index < -0.39 is 9.84 Å². The molecule has 0 aromatic heterocycles. The molecule has 0 aliphatic rings. The molecule has 13 heavy (non-hydrogen) atoms. The van der Waals surface area contributed by atoms with E-state index in [4.69, 9.17) is 4.74 Å². The molecule has 1 aromatic rings. The highest BCUT2D eigenvalue weighted by Gasteiger charge is 2.11. The molecule has 0 amide bonds. The van der Waals surface area contributed by atoms with Crippen LogP contribution in [0.5, 0.6) is 5.75 Å². The minimum absolute atomic E-state index is 0.0974. The molecule has 0 aliphatic carbocycles. The molecule has 1 radical (unpaired) electrons. The minimum atomic E-state index is -3.13. The number of methoxy groups -OCH3 is 1. The van der Waals surface area contributed by atoms with E-state index in [1.54, 1.807) is 13.0 Å². The number of benzene rings is 1. The van der Waals surface area contributed by atoms with Crippen molar-refractivity contribution in [3.8, 4) is 5.75 Å². The minimum Gasteiger partial charge on any atom is -0.496 e. The van der Waals surface area contributed by atoms with Crippen LogP contribution in [0.25, 0.3) is 0 Å². The molecule has 0 heterocycles. The first kappa shape index (κ1) is 10.1. The van der Waals surface area contributed by atoms with E-state index in [9.17, 15) is 8.42 Å². The number of hydrogen-bond donors (Lipinski definition) is 0. The molecule has 0 unspecified atom stereocenters. The largest absolute Gasteiger partial charge is 0.496 e. The Hall–Kier alpha value is -1.03. The summed E-state index contributed by atoms with van der Waals surface area (Å²) in [5.41, 5.74) is 0. The topological polar surface area (TPSA) is 43.4 Å². The molecule has 0 spiro atoms. The van der Waals surface area contributed by atoms with Crippen LogP contribution >= 0.6 is 0 Å². The van der Waals surface area contributed by atoms with Crippen molar-refractivity contribution in [3.05, 3.63) is 24.3 Å². The van der Waals surface area contributed by atoms with Gasteiger partial charge in [-0.1, -0.05) is 6.92 Å². The van der Waals surface area contributed by atoms with Gasteiger partial charge < -0.3 is 4.74 Å². The van der Waals surface area contributed by atoms with Gasteiger partial charge in [-0.05, 0) is 18.2 Å². The van der Waals surface area contributed by atoms with Crippen LogP contribution in [-0.4, -0.2) is 21.3 Å². The maximum Gasteiger partial charge on any atom is 0.178 e. The highest BCUT2D eigenvalue weighted by molar-refractivity contribution is 7.91. The Balaban J connectivity index is 3.17. The Kier molecular flexibility index (Phi) is 2.93. The van der Waals surface area contributed by atoms with E-state index in [-0.39, 0.29) is 10.6 Å². The number of sulfone groups is 1. The van der Waals surface area contributed by atoms with E-state index in [0.717, 1.165) is 0 Å². The summed E-state index contributed by atoms with van der Waals surface area (Å²) in [4.78, 5) is 0.283. The Labute approximate surface area is 78.3 Å². The Morgan fingerprint density at radius 2 is 2.23 bits per heavy atom. The number of ether oxygens (including phenoxy) is 1. The normalized spacial score (nSPS) is 11.2. The van der Waals surface area contributed by atoms with Gasteiger partial charge in [0, 0.05) is 6.07 Å². The molecule has 1 aromatic carbocycles. The standard InChI is InChI=1S/C9H11O3S/c1-3-13(10,11)9-6-4-5-8(7-9)12-2/h4,6-7H,3H2,1-2H3. The van der Waals surface area contributed by atoms with Gasteiger partial charge >= 0.3 is 0 Å². The fourth-order valence-electron chi connectivity index (χ4n) is 0.903. The van der Waals surface area contributed by atoms with Crippen molar-refractivity contribution in [2.75, 3.05) is 12.9 Å². The number of hydrogen-bond acceptors (Lipinski definition) is 3. The number of rotatable bonds is 3. The van der Waals surface area contributed by atoms with Gasteiger partial charge in [-0.25, -0.2) is 8.42 Å². The summed E-state index contributed by atoms with van der Waals surface area (Å²) in [5.74, 6) is 0.537. The SMILES string of the molecule is CCS(=O)(=O)c1cc[c]c(OC)c1. The van der Waals surface area contributed by atoms with Crippen LogP contribution in [0.3, 0.4) is 0 Å². The summed E-state index contributed by atoms with van der Waals surface area (Å²) >= 11 is 0. The molecule has 3 nitrogen and oxygen atoms in total. The van der Waals surface area contributed by atoms with E-state index in [1.807, 2.05) is 0 Å². The Morgan fingerprint density at radius 3 is 2.77 bits per heavy atom. The summed E-state index contributed by atoms with van der Waals surface area (Å²) in [6.07, 6.45) is 0. The van der Waals surface area contributed by atoms with Gasteiger partial charge in [0.15, 0.2) is 9.84 Å². The van der Waals surface area contributed by atoms with E-state index in [1.165, 1.54) is 19.2 Å². The molecule has 0 N–H and O–H groups in total. The lowest BCUT2D eigenvalue weighted by Crippen LogP contribution is -2.03. The van der Waals surface area contributed by atoms with E-state index in [0.29, 0.717) is 5.75 Å². The van der Waals surface area contributed by atoms with Crippen LogP contribution in [0, 0.1) is 6.07 Å². The lowest BCUT2D eigenvalue weighted by Gasteiger charge is -2.03. The predicted octanol–water partition coefficient (Wildman–Crippen LogP) is 1.29. The maximum atomic E-state index is 11.4. The smallest absolute Gasteiger partial charge is 0.178 e. The van der Waals surface area contributed by atoms with Gasteiger partial charge in [-0.15, -0.1) is 0 Å². The third-order valence-corrected chi connectivity index (χ3v) is 3.44. The zero-order valence-electron chi connectivity index (χ0n) is 7.57. The van der Waals surface area contributed by atoms with E-state index in [2.05, 4.69) is 6.07 Å². The van der Waals surface area contributed by atoms with Crippen molar-refractivity contribution < 1.29 is 13.2 Å². The second kappa shape index (κ2) is 3.79. The second-order valence-electron chi connectivity index (χ2n) is 2.50. The van der Waals surface area contributed by atoms with Crippen molar-refractivity contribution in [2.45, 2.75) is 11.8 Å². The van der Waals surface area contributed by atoms with Crippen LogP contribution in [0.2, 0.25) is 0 Å². The maximum absolute atomic E-state index is 11.4. The first-order chi connectivity index (χ1) is 6.10. The summed E-state index contributed by atoms with van der Waals surface area (Å²) < 4.78 is 27.7. The molecule has 0 atom stereocenters. The highest BCUT2D eigenvalue weighted by Crippen LogP contribution is 2.17. The first-order valence-electron chi connectivity index (χ1n) is 3.88. The van der Waals surface area contributed by atoms with Gasteiger partial charge in [0.1, 0.15) is 5.75 Å². The molecule has 0 aliphatic heterocycles. The third-order valence-electron chi connectivity index (χ3n) is 1.71. The van der Waals surface area contributed by atoms with Crippen LogP contribution in [0.4, 0.5) is 0 Å². The zero-order valence-corrected chi connectivity index (χ0v) is 8.39. The molecule has 4 heteroatoms. The molecule has 0 saturated heterocycles. The first-order valence-corrected chi connectivity index (χ1v) is 5.54. The summed E-state index contributed by atoms with van der Waals surface area (Å²) in [5, 5.41) is 0. The van der Waals surface area contributed by atoms with Gasteiger partial charge in [0.25, 0.3) is 0 Å². The Bertz CT molecular complexity index is 382. The van der Waals surface area contributed by atoms with Gasteiger partial charge in [0.2, 0.25) is 0 Å². The van der Waals surface area contributed by atoms with Gasteiger partial charge in [0.05, 0.1) is 17.8 Å². The average molecular weight is 199 g/mol. The van der Waals surface area contributed by atoms with Crippen LogP contribution in [0.1, 0.15) is 6.92 Å². The lowest BCUT2D eigenvalue weighted by molar-refractivity contribution is 0.412. The summed E-state index contributed by atoms with van der Waals surface area (Å²) in [6.45, 7) is 1.61. The molecule has 1 rings (SSSR count). The van der Waals surface area contributed by atoms with Crippen LogP contribution in [0.15, 0.2) is 23.1 Å². The lowest BCUT2D eigenvalue weighted by atomic mass is 10.3. The van der Waals surface area contributed by atoms with Crippen molar-refractivity contribution in [2.24, 2.45) is 0 Å². The second-order valence-corrected chi connectivity index (χ2v) is 4.77. The average Bonchev–Trinajstić information content (AvgIpc) is 2.18. The summed E-state index contributed by atoms with van der Waals surface area (Å²) in [7, 11) is -1.65. The van der Waals surface area contributed by atoms with Crippen molar-refractivity contribution >= 4 is 9.84 Å². The fraction of sp³-hybridized carbons (Fsp3) is 0.333. The molecule has 0 saturated carbocycles. The molecule has 0 fully saturated rings. The van der Waals surface area contributed by atoms with Gasteiger partial charge in [-0.2, -0.15) is 0 Å². The van der Waals surface area contributed by atoms with Gasteiger partial charge in [-0.3, -0.25) is 0 Å². The molecule has 71 valence electrons. The van der Waals surface area contributed by atoms with Crippen LogP contribution < -0.4 is 4.74 Å². The predicted molar refractivity (Wildman–Crippen MR) is 49.6 cm³/mol. The Morgan fingerprint density at radius 1 is 1.54 bits per heavy atom. The zero-order chi connectivity index (χ0) is 9.90. The molecular formula is C9H11O3S. The van der Waals surface area contributed by atoms with Crippen molar-refractivity contribution in [1.29, 1.82) is 0 Å². The highest BCUT2D eigenvalue weighted by atomic mass is 32.2. The molecular weight excluding hydrogens is 188 g/mol. The van der Waals surface area contributed by atoms with Crippen molar-refractivity contribution in [3.63, 3.8) is 0 Å². The van der Waals surface area contributed by atoms with E-state index >= 15 is 0 Å². The van der Waals surface area contributed by atoms with Crippen LogP contribution in [-0.2, 0) is 9.84 Å². The quantitative estimate of drug-likeness (QED) is 0.736. The summed E-state index contributed by atoms with van der Waals surface area (Å²) in [6, 6.07) is 7.30.